The van der Waals surface area contributed by atoms with Crippen molar-refractivity contribution in [1.29, 1.82) is 0 Å². The van der Waals surface area contributed by atoms with Gasteiger partial charge >= 0.3 is 0 Å². The number of para-hydroxylation sites is 2. The lowest BCUT2D eigenvalue weighted by Crippen LogP contribution is -2.45. The van der Waals surface area contributed by atoms with E-state index in [0.717, 1.165) is 22.1 Å². The summed E-state index contributed by atoms with van der Waals surface area (Å²) < 4.78 is 5.66. The Hall–Kier alpha value is -1.88. The highest BCUT2D eigenvalue weighted by Gasteiger charge is 2.29. The van der Waals surface area contributed by atoms with Crippen LogP contribution in [0.1, 0.15) is 17.6 Å². The van der Waals surface area contributed by atoms with Crippen LogP contribution in [-0.2, 0) is 11.2 Å². The molecule has 0 aliphatic carbocycles. The Morgan fingerprint density at radius 3 is 3.05 bits per heavy atom. The topological polar surface area (TPSA) is 42.4 Å². The van der Waals surface area contributed by atoms with Gasteiger partial charge in [-0.05, 0) is 26.0 Å². The fraction of sp³-hybridized carbons (Fsp3) is 0.333. The van der Waals surface area contributed by atoms with Gasteiger partial charge < -0.3 is 9.64 Å². The zero-order valence-electron chi connectivity index (χ0n) is 11.5. The van der Waals surface area contributed by atoms with E-state index in [1.54, 1.807) is 11.3 Å². The molecule has 0 N–H and O–H groups in total. The van der Waals surface area contributed by atoms with Crippen molar-refractivity contribution in [2.75, 3.05) is 11.5 Å². The van der Waals surface area contributed by atoms with E-state index in [2.05, 4.69) is 4.98 Å². The Morgan fingerprint density at radius 1 is 1.50 bits per heavy atom. The van der Waals surface area contributed by atoms with Crippen molar-refractivity contribution in [3.8, 4) is 5.75 Å². The van der Waals surface area contributed by atoms with Crippen LogP contribution in [0.3, 0.4) is 0 Å². The van der Waals surface area contributed by atoms with Gasteiger partial charge in [0.15, 0.2) is 0 Å². The van der Waals surface area contributed by atoms with Gasteiger partial charge in [-0.3, -0.25) is 4.79 Å². The number of hydrogen-bond donors (Lipinski definition) is 0. The van der Waals surface area contributed by atoms with Gasteiger partial charge in [0.1, 0.15) is 12.4 Å². The molecule has 1 atom stereocenters. The molecule has 0 saturated carbocycles. The van der Waals surface area contributed by atoms with E-state index >= 15 is 0 Å². The van der Waals surface area contributed by atoms with Crippen LogP contribution in [0.4, 0.5) is 5.69 Å². The SMILES string of the molecule is Cc1nc(CC(=O)N2c3ccccc3OCC2C)cs1. The Morgan fingerprint density at radius 2 is 2.30 bits per heavy atom. The fourth-order valence-corrected chi connectivity index (χ4v) is 3.02. The Kier molecular flexibility index (Phi) is 3.44. The summed E-state index contributed by atoms with van der Waals surface area (Å²) in [5.41, 5.74) is 1.69. The summed E-state index contributed by atoms with van der Waals surface area (Å²) in [7, 11) is 0. The first-order valence-electron chi connectivity index (χ1n) is 6.60. The summed E-state index contributed by atoms with van der Waals surface area (Å²) in [4.78, 5) is 18.8. The van der Waals surface area contributed by atoms with Gasteiger partial charge in [-0.2, -0.15) is 0 Å². The summed E-state index contributed by atoms with van der Waals surface area (Å²) in [6.07, 6.45) is 0.336. The standard InChI is InChI=1S/C15H16N2O2S/c1-10-8-19-14-6-4-3-5-13(14)17(10)15(18)7-12-9-20-11(2)16-12/h3-6,9-10H,7-8H2,1-2H3. The lowest BCUT2D eigenvalue weighted by Gasteiger charge is -2.35. The van der Waals surface area contributed by atoms with Gasteiger partial charge in [0.25, 0.3) is 0 Å². The third-order valence-electron chi connectivity index (χ3n) is 3.31. The summed E-state index contributed by atoms with van der Waals surface area (Å²) in [5.74, 6) is 0.840. The number of rotatable bonds is 2. The molecule has 104 valence electrons. The maximum atomic E-state index is 12.6. The highest BCUT2D eigenvalue weighted by Crippen LogP contribution is 2.33. The average Bonchev–Trinajstić information content (AvgIpc) is 2.83. The van der Waals surface area contributed by atoms with E-state index < -0.39 is 0 Å². The summed E-state index contributed by atoms with van der Waals surface area (Å²) in [6, 6.07) is 7.70. The maximum absolute atomic E-state index is 12.6. The number of thiazole rings is 1. The molecule has 1 aliphatic rings. The van der Waals surface area contributed by atoms with Crippen molar-refractivity contribution >= 4 is 22.9 Å². The van der Waals surface area contributed by atoms with Crippen LogP contribution in [0.15, 0.2) is 29.6 Å². The van der Waals surface area contributed by atoms with Crippen molar-refractivity contribution in [2.24, 2.45) is 0 Å². The van der Waals surface area contributed by atoms with Crippen LogP contribution in [0.2, 0.25) is 0 Å². The Balaban J connectivity index is 1.87. The smallest absolute Gasteiger partial charge is 0.233 e. The number of aromatic nitrogens is 1. The predicted molar refractivity (Wildman–Crippen MR) is 79.4 cm³/mol. The molecule has 5 heteroatoms. The number of aryl methyl sites for hydroxylation is 1. The van der Waals surface area contributed by atoms with E-state index in [9.17, 15) is 4.79 Å². The first-order chi connectivity index (χ1) is 9.65. The number of nitrogens with zero attached hydrogens (tertiary/aromatic N) is 2. The number of carbonyl (C=O) groups is 1. The minimum Gasteiger partial charge on any atom is -0.489 e. The molecule has 1 aromatic heterocycles. The Labute approximate surface area is 122 Å². The first kappa shape index (κ1) is 13.1. The van der Waals surface area contributed by atoms with Gasteiger partial charge in [-0.1, -0.05) is 12.1 Å². The fourth-order valence-electron chi connectivity index (χ4n) is 2.41. The third kappa shape index (κ3) is 2.41. The molecule has 0 fully saturated rings. The average molecular weight is 288 g/mol. The molecule has 0 bridgehead atoms. The number of fused-ring (bicyclic) bond motifs is 1. The molecule has 0 radical (unpaired) electrons. The lowest BCUT2D eigenvalue weighted by molar-refractivity contribution is -0.118. The van der Waals surface area contributed by atoms with Crippen molar-refractivity contribution in [1.82, 2.24) is 4.98 Å². The molecule has 20 heavy (non-hydrogen) atoms. The molecule has 1 amide bonds. The number of ether oxygens (including phenoxy) is 1. The van der Waals surface area contributed by atoms with Crippen molar-refractivity contribution < 1.29 is 9.53 Å². The molecule has 0 saturated heterocycles. The van der Waals surface area contributed by atoms with Crippen molar-refractivity contribution in [2.45, 2.75) is 26.3 Å². The molecule has 2 aromatic rings. The van der Waals surface area contributed by atoms with Gasteiger partial charge in [0.2, 0.25) is 5.91 Å². The number of anilines is 1. The largest absolute Gasteiger partial charge is 0.489 e. The zero-order valence-corrected chi connectivity index (χ0v) is 12.3. The van der Waals surface area contributed by atoms with Crippen LogP contribution in [-0.4, -0.2) is 23.5 Å². The first-order valence-corrected chi connectivity index (χ1v) is 7.48. The molecule has 1 unspecified atom stereocenters. The molecule has 4 nitrogen and oxygen atoms in total. The number of amides is 1. The molecule has 1 aromatic carbocycles. The number of benzene rings is 1. The van der Waals surface area contributed by atoms with E-state index in [1.165, 1.54) is 0 Å². The highest BCUT2D eigenvalue weighted by atomic mass is 32.1. The maximum Gasteiger partial charge on any atom is 0.233 e. The summed E-state index contributed by atoms with van der Waals surface area (Å²) in [6.45, 7) is 4.48. The zero-order chi connectivity index (χ0) is 14.1. The second-order valence-corrected chi connectivity index (χ2v) is 5.99. The second-order valence-electron chi connectivity index (χ2n) is 4.93. The minimum absolute atomic E-state index is 0.0390. The number of hydrogen-bond acceptors (Lipinski definition) is 4. The third-order valence-corrected chi connectivity index (χ3v) is 4.14. The molecule has 0 spiro atoms. The number of carbonyl (C=O) groups excluding carboxylic acids is 1. The van der Waals surface area contributed by atoms with Gasteiger partial charge in [-0.15, -0.1) is 11.3 Å². The monoisotopic (exact) mass is 288 g/mol. The predicted octanol–water partition coefficient (Wildman–Crippen LogP) is 2.81. The molecule has 1 aliphatic heterocycles. The van der Waals surface area contributed by atoms with E-state index in [4.69, 9.17) is 4.74 Å². The van der Waals surface area contributed by atoms with Gasteiger partial charge in [-0.25, -0.2) is 4.98 Å². The summed E-state index contributed by atoms with van der Waals surface area (Å²) in [5, 5.41) is 2.94. The van der Waals surface area contributed by atoms with Crippen LogP contribution < -0.4 is 9.64 Å². The van der Waals surface area contributed by atoms with Crippen LogP contribution >= 0.6 is 11.3 Å². The van der Waals surface area contributed by atoms with Crippen molar-refractivity contribution in [3.63, 3.8) is 0 Å². The Bertz CT molecular complexity index is 638. The lowest BCUT2D eigenvalue weighted by atomic mass is 10.1. The normalized spacial score (nSPS) is 17.5. The van der Waals surface area contributed by atoms with E-state index in [1.807, 2.05) is 48.4 Å². The van der Waals surface area contributed by atoms with Crippen LogP contribution in [0, 0.1) is 6.92 Å². The highest BCUT2D eigenvalue weighted by molar-refractivity contribution is 7.09. The van der Waals surface area contributed by atoms with E-state index in [-0.39, 0.29) is 11.9 Å². The van der Waals surface area contributed by atoms with Gasteiger partial charge in [0, 0.05) is 5.38 Å². The second kappa shape index (κ2) is 5.25. The molecule has 3 rings (SSSR count). The van der Waals surface area contributed by atoms with Crippen LogP contribution in [0.5, 0.6) is 5.75 Å². The minimum atomic E-state index is 0.0390. The van der Waals surface area contributed by atoms with Gasteiger partial charge in [0.05, 0.1) is 28.9 Å². The quantitative estimate of drug-likeness (QED) is 0.853. The van der Waals surface area contributed by atoms with Crippen molar-refractivity contribution in [3.05, 3.63) is 40.3 Å². The molecule has 2 heterocycles. The van der Waals surface area contributed by atoms with E-state index in [0.29, 0.717) is 13.0 Å². The van der Waals surface area contributed by atoms with Crippen LogP contribution in [0.25, 0.3) is 0 Å². The molecular formula is C15H16N2O2S. The summed E-state index contributed by atoms with van der Waals surface area (Å²) >= 11 is 1.57. The molecular weight excluding hydrogens is 272 g/mol.